The number of hydrogen-bond acceptors (Lipinski definition) is 6. The number of carbonyl (C=O) groups excluding carboxylic acids is 1. The highest BCUT2D eigenvalue weighted by atomic mass is 32.2. The van der Waals surface area contributed by atoms with Crippen molar-refractivity contribution < 1.29 is 13.2 Å². The minimum absolute atomic E-state index is 0.149. The van der Waals surface area contributed by atoms with Crippen molar-refractivity contribution in [1.82, 2.24) is 14.9 Å². The predicted octanol–water partition coefficient (Wildman–Crippen LogP) is 1.80. The van der Waals surface area contributed by atoms with Crippen LogP contribution >= 0.6 is 11.3 Å². The van der Waals surface area contributed by atoms with Gasteiger partial charge < -0.3 is 5.32 Å². The van der Waals surface area contributed by atoms with E-state index in [4.69, 9.17) is 0 Å². The van der Waals surface area contributed by atoms with Crippen molar-refractivity contribution in [2.24, 2.45) is 0 Å². The molecule has 9 heteroatoms. The van der Waals surface area contributed by atoms with Crippen molar-refractivity contribution in [3.63, 3.8) is 0 Å². The van der Waals surface area contributed by atoms with Crippen LogP contribution in [0.2, 0.25) is 0 Å². The lowest BCUT2D eigenvalue weighted by Gasteiger charge is -2.03. The van der Waals surface area contributed by atoms with Crippen LogP contribution in [-0.2, 0) is 21.2 Å². The molecule has 0 bridgehead atoms. The first-order chi connectivity index (χ1) is 11.0. The van der Waals surface area contributed by atoms with Crippen LogP contribution in [0.1, 0.15) is 25.3 Å². The molecule has 2 rings (SSSR count). The number of sulfonamides is 1. The molecule has 7 nitrogen and oxygen atoms in total. The Kier molecular flexibility index (Phi) is 6.20. The van der Waals surface area contributed by atoms with E-state index in [1.54, 1.807) is 6.92 Å². The average Bonchev–Trinajstić information content (AvgIpc) is 3.02. The van der Waals surface area contributed by atoms with Crippen LogP contribution in [0.5, 0.6) is 0 Å². The van der Waals surface area contributed by atoms with Gasteiger partial charge in [-0.2, -0.15) is 0 Å². The highest BCUT2D eigenvalue weighted by Gasteiger charge is 2.20. The molecule has 0 saturated heterocycles. The summed E-state index contributed by atoms with van der Waals surface area (Å²) in [5, 5.41) is 9.95. The molecule has 0 aliphatic heterocycles. The summed E-state index contributed by atoms with van der Waals surface area (Å²) in [5.41, 5.74) is 1.16. The third-order valence-electron chi connectivity index (χ3n) is 2.98. The van der Waals surface area contributed by atoms with E-state index in [0.29, 0.717) is 19.4 Å². The summed E-state index contributed by atoms with van der Waals surface area (Å²) in [7, 11) is -3.69. The van der Waals surface area contributed by atoms with Crippen molar-refractivity contribution in [1.29, 1.82) is 0 Å². The number of nitrogens with one attached hydrogen (secondary N) is 2. The van der Waals surface area contributed by atoms with Gasteiger partial charge in [-0.15, -0.1) is 10.2 Å². The Balaban J connectivity index is 1.85. The summed E-state index contributed by atoms with van der Waals surface area (Å²) in [4.78, 5) is 11.2. The topological polar surface area (TPSA) is 101 Å². The lowest BCUT2D eigenvalue weighted by molar-refractivity contribution is -0.115. The van der Waals surface area contributed by atoms with Gasteiger partial charge in [-0.3, -0.25) is 4.79 Å². The molecule has 0 aliphatic rings. The van der Waals surface area contributed by atoms with Gasteiger partial charge in [0.1, 0.15) is 0 Å². The molecule has 1 aromatic heterocycles. The normalized spacial score (nSPS) is 11.3. The molecule has 0 fully saturated rings. The van der Waals surface area contributed by atoms with Gasteiger partial charge in [0.15, 0.2) is 0 Å². The van der Waals surface area contributed by atoms with Crippen molar-refractivity contribution in [3.05, 3.63) is 35.9 Å². The lowest BCUT2D eigenvalue weighted by atomic mass is 10.1. The fourth-order valence-electron chi connectivity index (χ4n) is 1.78. The van der Waals surface area contributed by atoms with E-state index in [1.165, 1.54) is 0 Å². The average molecular weight is 354 g/mol. The van der Waals surface area contributed by atoms with Crippen molar-refractivity contribution >= 4 is 32.4 Å². The number of rotatable bonds is 8. The molecule has 0 radical (unpaired) electrons. The fraction of sp³-hybridized carbons (Fsp3) is 0.357. The molecule has 0 aliphatic carbocycles. The van der Waals surface area contributed by atoms with Gasteiger partial charge in [-0.25, -0.2) is 13.1 Å². The summed E-state index contributed by atoms with van der Waals surface area (Å²) in [6.45, 7) is 2.01. The maximum absolute atomic E-state index is 12.1. The minimum atomic E-state index is -3.69. The molecule has 0 unspecified atom stereocenters. The third-order valence-corrected chi connectivity index (χ3v) is 5.65. The van der Waals surface area contributed by atoms with Crippen LogP contribution in [0.25, 0.3) is 0 Å². The summed E-state index contributed by atoms with van der Waals surface area (Å²) in [6, 6.07) is 9.85. The fourth-order valence-corrected chi connectivity index (χ4v) is 3.81. The Morgan fingerprint density at radius 2 is 1.96 bits per heavy atom. The standard InChI is InChI=1S/C14H18N4O3S2/c1-2-12(19)16-13-17-18-14(22-13)23(20,21)15-10-6-9-11-7-4-3-5-8-11/h3-5,7-8,15H,2,6,9-10H2,1H3,(H,16,17,19). The number of benzene rings is 1. The molecule has 1 heterocycles. The number of amides is 1. The lowest BCUT2D eigenvalue weighted by Crippen LogP contribution is -2.25. The SMILES string of the molecule is CCC(=O)Nc1nnc(S(=O)(=O)NCCCc2ccccc2)s1. The van der Waals surface area contributed by atoms with Crippen LogP contribution in [0.15, 0.2) is 34.7 Å². The highest BCUT2D eigenvalue weighted by Crippen LogP contribution is 2.19. The molecule has 2 aromatic rings. The van der Waals surface area contributed by atoms with E-state index in [1.807, 2.05) is 30.3 Å². The Morgan fingerprint density at radius 3 is 2.65 bits per heavy atom. The summed E-state index contributed by atoms with van der Waals surface area (Å²) >= 11 is 0.833. The van der Waals surface area contributed by atoms with Gasteiger partial charge in [-0.05, 0) is 18.4 Å². The molecule has 1 aromatic carbocycles. The molecule has 0 saturated carbocycles. The Bertz CT molecular complexity index is 744. The maximum atomic E-state index is 12.1. The van der Waals surface area contributed by atoms with Crippen molar-refractivity contribution in [2.45, 2.75) is 30.5 Å². The van der Waals surface area contributed by atoms with E-state index < -0.39 is 10.0 Å². The zero-order valence-electron chi connectivity index (χ0n) is 12.7. The van der Waals surface area contributed by atoms with Crippen molar-refractivity contribution in [3.8, 4) is 0 Å². The zero-order chi connectivity index (χ0) is 16.7. The van der Waals surface area contributed by atoms with E-state index in [2.05, 4.69) is 20.2 Å². The van der Waals surface area contributed by atoms with Crippen LogP contribution in [0.3, 0.4) is 0 Å². The van der Waals surface area contributed by atoms with Gasteiger partial charge in [0.25, 0.3) is 10.0 Å². The molecular formula is C14H18N4O3S2. The Morgan fingerprint density at radius 1 is 1.22 bits per heavy atom. The Labute approximate surface area is 139 Å². The van der Waals surface area contributed by atoms with Crippen LogP contribution in [0, 0.1) is 0 Å². The van der Waals surface area contributed by atoms with Crippen LogP contribution < -0.4 is 10.0 Å². The number of anilines is 1. The van der Waals surface area contributed by atoms with Gasteiger partial charge in [0.05, 0.1) is 0 Å². The second kappa shape index (κ2) is 8.14. The third kappa shape index (κ3) is 5.38. The quantitative estimate of drug-likeness (QED) is 0.556. The summed E-state index contributed by atoms with van der Waals surface area (Å²) in [5.74, 6) is -0.235. The van der Waals surface area contributed by atoms with Crippen LogP contribution in [-0.4, -0.2) is 31.1 Å². The summed E-state index contributed by atoms with van der Waals surface area (Å²) < 4.78 is 26.5. The molecule has 23 heavy (non-hydrogen) atoms. The Hall–Kier alpha value is -1.84. The first kappa shape index (κ1) is 17.5. The number of aryl methyl sites for hydroxylation is 1. The van der Waals surface area contributed by atoms with Gasteiger partial charge in [0.2, 0.25) is 15.4 Å². The number of aromatic nitrogens is 2. The monoisotopic (exact) mass is 354 g/mol. The predicted molar refractivity (Wildman–Crippen MR) is 88.8 cm³/mol. The second-order valence-corrected chi connectivity index (χ2v) is 7.68. The largest absolute Gasteiger partial charge is 0.301 e. The molecular weight excluding hydrogens is 336 g/mol. The number of nitrogens with zero attached hydrogens (tertiary/aromatic N) is 2. The van der Waals surface area contributed by atoms with E-state index in [0.717, 1.165) is 23.3 Å². The van der Waals surface area contributed by atoms with Crippen molar-refractivity contribution in [2.75, 3.05) is 11.9 Å². The number of carbonyl (C=O) groups is 1. The first-order valence-corrected chi connectivity index (χ1v) is 9.48. The highest BCUT2D eigenvalue weighted by molar-refractivity contribution is 7.91. The van der Waals surface area contributed by atoms with Gasteiger partial charge in [-0.1, -0.05) is 48.6 Å². The van der Waals surface area contributed by atoms with E-state index in [-0.39, 0.29) is 15.4 Å². The summed E-state index contributed by atoms with van der Waals surface area (Å²) in [6.07, 6.45) is 1.76. The molecule has 0 atom stereocenters. The molecule has 1 amide bonds. The molecule has 2 N–H and O–H groups in total. The van der Waals surface area contributed by atoms with Gasteiger partial charge >= 0.3 is 0 Å². The van der Waals surface area contributed by atoms with Crippen LogP contribution in [0.4, 0.5) is 5.13 Å². The molecule has 0 spiro atoms. The minimum Gasteiger partial charge on any atom is -0.301 e. The second-order valence-electron chi connectivity index (χ2n) is 4.76. The van der Waals surface area contributed by atoms with E-state index in [9.17, 15) is 13.2 Å². The smallest absolute Gasteiger partial charge is 0.269 e. The van der Waals surface area contributed by atoms with Gasteiger partial charge in [0, 0.05) is 13.0 Å². The van der Waals surface area contributed by atoms with E-state index >= 15 is 0 Å². The number of hydrogen-bond donors (Lipinski definition) is 2. The zero-order valence-corrected chi connectivity index (χ0v) is 14.3. The first-order valence-electron chi connectivity index (χ1n) is 7.18. The molecule has 124 valence electrons. The maximum Gasteiger partial charge on any atom is 0.269 e.